The molecule has 2 aliphatic carbocycles. The number of hydrogen-bond acceptors (Lipinski definition) is 3. The van der Waals surface area contributed by atoms with Crippen molar-refractivity contribution in [2.45, 2.75) is 30.8 Å². The fourth-order valence-electron chi connectivity index (χ4n) is 3.89. The van der Waals surface area contributed by atoms with E-state index in [0.717, 1.165) is 29.5 Å². The van der Waals surface area contributed by atoms with Crippen molar-refractivity contribution >= 4 is 21.2 Å². The number of benzene rings is 2. The van der Waals surface area contributed by atoms with Crippen LogP contribution in [0, 0.1) is 5.41 Å². The molecule has 2 aromatic carbocycles. The van der Waals surface area contributed by atoms with Crippen molar-refractivity contribution in [3.05, 3.63) is 77.4 Å². The number of allylic oxidation sites excluding steroid dienone is 4. The minimum atomic E-state index is -3.68. The number of nitrogens with two attached hydrogens (primary N) is 1. The average molecular weight is 381 g/mol. The Morgan fingerprint density at radius 2 is 1.44 bits per heavy atom. The molecule has 1 saturated carbocycles. The molecule has 2 aromatic rings. The zero-order chi connectivity index (χ0) is 19.1. The normalized spacial score (nSPS) is 18.1. The largest absolute Gasteiger partial charge is 0.380 e. The molecule has 0 saturated heterocycles. The number of sulfonamides is 1. The molecule has 2 N–H and O–H groups in total. The Balaban J connectivity index is 1.72. The lowest BCUT2D eigenvalue weighted by molar-refractivity contribution is 0.185. The fourth-order valence-corrected chi connectivity index (χ4v) is 4.41. The van der Waals surface area contributed by atoms with Crippen molar-refractivity contribution in [2.75, 3.05) is 7.11 Å². The van der Waals surface area contributed by atoms with Gasteiger partial charge >= 0.3 is 0 Å². The maximum absolute atomic E-state index is 11.5. The van der Waals surface area contributed by atoms with Gasteiger partial charge in [0.1, 0.15) is 0 Å². The molecule has 0 amide bonds. The molecule has 5 heteroatoms. The van der Waals surface area contributed by atoms with Gasteiger partial charge in [0.25, 0.3) is 0 Å². The van der Waals surface area contributed by atoms with Crippen molar-refractivity contribution in [1.82, 2.24) is 0 Å². The third-order valence-corrected chi connectivity index (χ3v) is 6.44. The summed E-state index contributed by atoms with van der Waals surface area (Å²) in [4.78, 5) is 0.137. The number of rotatable bonds is 5. The standard InChI is InChI=1S/C22H23NO3S/c1-26-15-16-3-5-17(6-4-16)20-13-22(11-2-12-22)14-21(20)18-7-9-19(10-8-18)27(23,24)25/h3-10,13-14H,2,11-12,15H2,1H3,(H2,23,24,25). The number of methoxy groups -OCH3 is 1. The Bertz CT molecular complexity index is 1010. The van der Waals surface area contributed by atoms with E-state index in [1.807, 2.05) is 12.1 Å². The van der Waals surface area contributed by atoms with Gasteiger partial charge in [-0.05, 0) is 52.8 Å². The maximum Gasteiger partial charge on any atom is 0.238 e. The van der Waals surface area contributed by atoms with Crippen LogP contribution in [0.25, 0.3) is 11.1 Å². The Morgan fingerprint density at radius 3 is 1.85 bits per heavy atom. The van der Waals surface area contributed by atoms with E-state index >= 15 is 0 Å². The third kappa shape index (κ3) is 3.50. The molecule has 0 bridgehead atoms. The summed E-state index contributed by atoms with van der Waals surface area (Å²) in [6, 6.07) is 15.3. The van der Waals surface area contributed by atoms with E-state index in [1.165, 1.54) is 17.6 Å². The van der Waals surface area contributed by atoms with Crippen LogP contribution >= 0.6 is 0 Å². The van der Waals surface area contributed by atoms with Crippen molar-refractivity contribution in [2.24, 2.45) is 10.6 Å². The van der Waals surface area contributed by atoms with Crippen molar-refractivity contribution in [3.8, 4) is 0 Å². The summed E-state index contributed by atoms with van der Waals surface area (Å²) in [5.41, 5.74) is 5.84. The lowest BCUT2D eigenvalue weighted by atomic mass is 9.70. The molecule has 0 heterocycles. The Labute approximate surface area is 160 Å². The highest BCUT2D eigenvalue weighted by molar-refractivity contribution is 7.89. The Kier molecular flexibility index (Phi) is 4.54. The number of hydrogen-bond donors (Lipinski definition) is 1. The minimum absolute atomic E-state index is 0.137. The van der Waals surface area contributed by atoms with Crippen LogP contribution in [0.1, 0.15) is 36.0 Å². The first-order valence-electron chi connectivity index (χ1n) is 9.08. The van der Waals surface area contributed by atoms with Crippen LogP contribution in [0.5, 0.6) is 0 Å². The van der Waals surface area contributed by atoms with Crippen molar-refractivity contribution in [1.29, 1.82) is 0 Å². The van der Waals surface area contributed by atoms with E-state index in [-0.39, 0.29) is 10.3 Å². The van der Waals surface area contributed by atoms with Crippen LogP contribution in [0.2, 0.25) is 0 Å². The first-order chi connectivity index (χ1) is 12.9. The van der Waals surface area contributed by atoms with Gasteiger partial charge in [-0.3, -0.25) is 0 Å². The van der Waals surface area contributed by atoms with Gasteiger partial charge in [-0.15, -0.1) is 0 Å². The molecular formula is C22H23NO3S. The molecule has 4 rings (SSSR count). The van der Waals surface area contributed by atoms with Crippen LogP contribution < -0.4 is 5.14 Å². The van der Waals surface area contributed by atoms with Crippen molar-refractivity contribution in [3.63, 3.8) is 0 Å². The molecule has 4 nitrogen and oxygen atoms in total. The highest BCUT2D eigenvalue weighted by Gasteiger charge is 2.38. The summed E-state index contributed by atoms with van der Waals surface area (Å²) in [7, 11) is -1.99. The third-order valence-electron chi connectivity index (χ3n) is 5.51. The minimum Gasteiger partial charge on any atom is -0.380 e. The smallest absolute Gasteiger partial charge is 0.238 e. The van der Waals surface area contributed by atoms with Gasteiger partial charge in [0, 0.05) is 12.5 Å². The van der Waals surface area contributed by atoms with Crippen LogP contribution in [0.4, 0.5) is 0 Å². The van der Waals surface area contributed by atoms with Crippen LogP contribution in [-0.2, 0) is 21.4 Å². The second kappa shape index (κ2) is 6.75. The van der Waals surface area contributed by atoms with E-state index < -0.39 is 10.0 Å². The summed E-state index contributed by atoms with van der Waals surface area (Å²) in [6.07, 6.45) is 8.30. The summed E-state index contributed by atoms with van der Waals surface area (Å²) in [6.45, 7) is 0.598. The Hall–Kier alpha value is -2.21. The molecule has 27 heavy (non-hydrogen) atoms. The molecule has 140 valence electrons. The lowest BCUT2D eigenvalue weighted by Gasteiger charge is -2.34. The molecule has 0 radical (unpaired) electrons. The second-order valence-electron chi connectivity index (χ2n) is 7.40. The molecule has 2 aliphatic rings. The molecule has 0 unspecified atom stereocenters. The van der Waals surface area contributed by atoms with Crippen LogP contribution in [0.3, 0.4) is 0 Å². The van der Waals surface area contributed by atoms with Gasteiger partial charge in [0.05, 0.1) is 11.5 Å². The number of ether oxygens (including phenoxy) is 1. The lowest BCUT2D eigenvalue weighted by Crippen LogP contribution is -2.22. The highest BCUT2D eigenvalue weighted by atomic mass is 32.2. The molecule has 0 aliphatic heterocycles. The van der Waals surface area contributed by atoms with Crippen molar-refractivity contribution < 1.29 is 13.2 Å². The van der Waals surface area contributed by atoms with Gasteiger partial charge in [-0.2, -0.15) is 0 Å². The van der Waals surface area contributed by atoms with Crippen LogP contribution in [-0.4, -0.2) is 15.5 Å². The quantitative estimate of drug-likeness (QED) is 0.846. The summed E-state index contributed by atoms with van der Waals surface area (Å²) in [5.74, 6) is 0. The van der Waals surface area contributed by atoms with Gasteiger partial charge in [0.2, 0.25) is 10.0 Å². The molecule has 0 atom stereocenters. The topological polar surface area (TPSA) is 69.4 Å². The van der Waals surface area contributed by atoms with Gasteiger partial charge < -0.3 is 4.74 Å². The van der Waals surface area contributed by atoms with E-state index in [0.29, 0.717) is 6.61 Å². The second-order valence-corrected chi connectivity index (χ2v) is 8.96. The average Bonchev–Trinajstić information content (AvgIpc) is 3.04. The summed E-state index contributed by atoms with van der Waals surface area (Å²) in [5, 5.41) is 5.23. The predicted octanol–water partition coefficient (Wildman–Crippen LogP) is 4.13. The highest BCUT2D eigenvalue weighted by Crippen LogP contribution is 2.53. The van der Waals surface area contributed by atoms with E-state index in [1.54, 1.807) is 19.2 Å². The zero-order valence-electron chi connectivity index (χ0n) is 15.3. The number of primary sulfonamides is 1. The van der Waals surface area contributed by atoms with E-state index in [2.05, 4.69) is 36.4 Å². The summed E-state index contributed by atoms with van der Waals surface area (Å²) >= 11 is 0. The fraction of sp³-hybridized carbons (Fsp3) is 0.273. The summed E-state index contributed by atoms with van der Waals surface area (Å²) < 4.78 is 28.3. The monoisotopic (exact) mass is 381 g/mol. The molecule has 0 aromatic heterocycles. The zero-order valence-corrected chi connectivity index (χ0v) is 16.1. The molecule has 1 fully saturated rings. The first kappa shape index (κ1) is 18.2. The van der Waals surface area contributed by atoms with Gasteiger partial charge in [-0.25, -0.2) is 13.6 Å². The van der Waals surface area contributed by atoms with Gasteiger partial charge in [-0.1, -0.05) is 55.0 Å². The van der Waals surface area contributed by atoms with E-state index in [9.17, 15) is 8.42 Å². The van der Waals surface area contributed by atoms with Crippen LogP contribution in [0.15, 0.2) is 65.6 Å². The molecule has 1 spiro atoms. The first-order valence-corrected chi connectivity index (χ1v) is 10.6. The maximum atomic E-state index is 11.5. The molecular weight excluding hydrogens is 358 g/mol. The Morgan fingerprint density at radius 1 is 0.926 bits per heavy atom. The predicted molar refractivity (Wildman–Crippen MR) is 107 cm³/mol. The van der Waals surface area contributed by atoms with Gasteiger partial charge in [0.15, 0.2) is 0 Å². The van der Waals surface area contributed by atoms with E-state index in [4.69, 9.17) is 9.88 Å². The SMILES string of the molecule is COCc1ccc(C2=CC3(C=C2c2ccc(S(N)(=O)=O)cc2)CCC3)cc1.